The number of carbonyl (C=O) groups is 1. The van der Waals surface area contributed by atoms with Crippen LogP contribution in [0, 0.1) is 0 Å². The van der Waals surface area contributed by atoms with Crippen molar-refractivity contribution < 1.29 is 9.21 Å². The molecule has 2 aliphatic rings. The van der Waals surface area contributed by atoms with E-state index in [1.807, 2.05) is 11.9 Å². The summed E-state index contributed by atoms with van der Waals surface area (Å²) in [7, 11) is 1.83. The summed E-state index contributed by atoms with van der Waals surface area (Å²) in [5.41, 5.74) is 0. The Morgan fingerprint density at radius 2 is 2.00 bits per heavy atom. The van der Waals surface area contributed by atoms with E-state index in [0.29, 0.717) is 24.9 Å². The Bertz CT molecular complexity index is 593. The fourth-order valence-electron chi connectivity index (χ4n) is 3.81. The van der Waals surface area contributed by atoms with E-state index in [1.165, 1.54) is 25.8 Å². The van der Waals surface area contributed by atoms with Crippen molar-refractivity contribution in [3.05, 3.63) is 24.2 Å². The average molecular weight is 361 g/mol. The molecule has 0 aliphatic carbocycles. The maximum atomic E-state index is 12.3. The highest BCUT2D eigenvalue weighted by atomic mass is 16.3. The fourth-order valence-corrected chi connectivity index (χ4v) is 3.81. The van der Waals surface area contributed by atoms with E-state index in [1.54, 1.807) is 18.4 Å². The summed E-state index contributed by atoms with van der Waals surface area (Å²) in [6.45, 7) is 8.42. The van der Waals surface area contributed by atoms with Crippen molar-refractivity contribution in [1.82, 2.24) is 20.0 Å². The molecule has 0 aromatic carbocycles. The summed E-state index contributed by atoms with van der Waals surface area (Å²) < 4.78 is 5.22. The molecule has 1 aromatic rings. The van der Waals surface area contributed by atoms with Crippen LogP contribution >= 0.6 is 0 Å². The number of nitrogens with zero attached hydrogens (tertiary/aromatic N) is 4. The van der Waals surface area contributed by atoms with Gasteiger partial charge >= 0.3 is 0 Å². The molecule has 1 unspecified atom stereocenters. The van der Waals surface area contributed by atoms with Crippen LogP contribution < -0.4 is 5.32 Å². The van der Waals surface area contributed by atoms with Gasteiger partial charge in [-0.15, -0.1) is 0 Å². The highest BCUT2D eigenvalue weighted by molar-refractivity contribution is 5.91. The Hall–Kier alpha value is -2.02. The van der Waals surface area contributed by atoms with Gasteiger partial charge in [-0.25, -0.2) is 0 Å². The minimum absolute atomic E-state index is 0.0308. The van der Waals surface area contributed by atoms with Crippen LogP contribution in [0.25, 0.3) is 0 Å². The van der Waals surface area contributed by atoms with E-state index in [2.05, 4.69) is 27.0 Å². The smallest absolute Gasteiger partial charge is 0.289 e. The van der Waals surface area contributed by atoms with Gasteiger partial charge < -0.3 is 19.5 Å². The predicted molar refractivity (Wildman–Crippen MR) is 102 cm³/mol. The Morgan fingerprint density at radius 1 is 1.23 bits per heavy atom. The van der Waals surface area contributed by atoms with Gasteiger partial charge in [-0.05, 0) is 38.4 Å². The van der Waals surface area contributed by atoms with Gasteiger partial charge in [0.2, 0.25) is 0 Å². The molecule has 1 amide bonds. The van der Waals surface area contributed by atoms with Crippen LogP contribution in [0.2, 0.25) is 0 Å². The van der Waals surface area contributed by atoms with Crippen molar-refractivity contribution in [2.45, 2.75) is 32.2 Å². The average Bonchev–Trinajstić information content (AvgIpc) is 3.21. The number of guanidine groups is 1. The molecule has 7 nitrogen and oxygen atoms in total. The number of amides is 1. The highest BCUT2D eigenvalue weighted by Crippen LogP contribution is 2.15. The van der Waals surface area contributed by atoms with Crippen molar-refractivity contribution in [2.24, 2.45) is 4.99 Å². The lowest BCUT2D eigenvalue weighted by molar-refractivity contribution is 0.0657. The van der Waals surface area contributed by atoms with Crippen LogP contribution in [0.1, 0.15) is 36.7 Å². The lowest BCUT2D eigenvalue weighted by Crippen LogP contribution is -2.54. The molecular weight excluding hydrogens is 330 g/mol. The molecule has 1 N–H and O–H groups in total. The number of hydrogen-bond donors (Lipinski definition) is 1. The second-order valence-electron chi connectivity index (χ2n) is 7.11. The first-order chi connectivity index (χ1) is 12.7. The number of furan rings is 1. The molecule has 2 fully saturated rings. The Morgan fingerprint density at radius 3 is 2.65 bits per heavy atom. The zero-order valence-electron chi connectivity index (χ0n) is 16.0. The maximum absolute atomic E-state index is 12.3. The number of hydrogen-bond acceptors (Lipinski definition) is 4. The zero-order valence-corrected chi connectivity index (χ0v) is 16.0. The standard InChI is InChI=1S/C19H31N5O2/c1-16-6-3-4-9-22(16)10-8-21-19(20-2)24-13-11-23(12-14-24)18(25)17-7-5-15-26-17/h5,7,15-16H,3-4,6,8-14H2,1-2H3,(H,20,21). The summed E-state index contributed by atoms with van der Waals surface area (Å²) in [6, 6.07) is 4.15. The monoisotopic (exact) mass is 361 g/mol. The van der Waals surface area contributed by atoms with Gasteiger partial charge in [0.25, 0.3) is 5.91 Å². The molecule has 26 heavy (non-hydrogen) atoms. The number of nitrogens with one attached hydrogen (secondary N) is 1. The van der Waals surface area contributed by atoms with E-state index in [0.717, 1.165) is 32.1 Å². The van der Waals surface area contributed by atoms with Crippen molar-refractivity contribution in [3.8, 4) is 0 Å². The normalized spacial score (nSPS) is 22.5. The second-order valence-corrected chi connectivity index (χ2v) is 7.11. The molecular formula is C19H31N5O2. The van der Waals surface area contributed by atoms with Crippen molar-refractivity contribution >= 4 is 11.9 Å². The summed E-state index contributed by atoms with van der Waals surface area (Å²) >= 11 is 0. The summed E-state index contributed by atoms with van der Waals surface area (Å²) in [5, 5.41) is 3.49. The van der Waals surface area contributed by atoms with E-state index in [-0.39, 0.29) is 5.91 Å². The van der Waals surface area contributed by atoms with E-state index < -0.39 is 0 Å². The van der Waals surface area contributed by atoms with E-state index >= 15 is 0 Å². The highest BCUT2D eigenvalue weighted by Gasteiger charge is 2.25. The van der Waals surface area contributed by atoms with Gasteiger partial charge in [0.1, 0.15) is 0 Å². The summed E-state index contributed by atoms with van der Waals surface area (Å²) in [5.74, 6) is 1.31. The van der Waals surface area contributed by atoms with Gasteiger partial charge in [0.15, 0.2) is 11.7 Å². The fraction of sp³-hybridized carbons (Fsp3) is 0.684. The summed E-state index contributed by atoms with van der Waals surface area (Å²) in [6.07, 6.45) is 5.51. The molecule has 0 radical (unpaired) electrons. The largest absolute Gasteiger partial charge is 0.459 e. The Kier molecular flexibility index (Phi) is 6.55. The molecule has 2 aliphatic heterocycles. The van der Waals surface area contributed by atoms with Crippen molar-refractivity contribution in [3.63, 3.8) is 0 Å². The molecule has 0 spiro atoms. The number of likely N-dealkylation sites (tertiary alicyclic amines) is 1. The SMILES string of the molecule is CN=C(NCCN1CCCCC1C)N1CCN(C(=O)c2ccco2)CC1. The Balaban J connectivity index is 1.43. The molecule has 1 aromatic heterocycles. The second kappa shape index (κ2) is 9.07. The lowest BCUT2D eigenvalue weighted by Gasteiger charge is -2.37. The third-order valence-corrected chi connectivity index (χ3v) is 5.43. The van der Waals surface area contributed by atoms with Crippen LogP contribution in [0.3, 0.4) is 0 Å². The van der Waals surface area contributed by atoms with Crippen LogP contribution in [0.15, 0.2) is 27.8 Å². The van der Waals surface area contributed by atoms with Crippen LogP contribution in [0.4, 0.5) is 0 Å². The first-order valence-corrected chi connectivity index (χ1v) is 9.71. The topological polar surface area (TPSA) is 64.3 Å². The van der Waals surface area contributed by atoms with Crippen molar-refractivity contribution in [2.75, 3.05) is 52.9 Å². The maximum Gasteiger partial charge on any atom is 0.289 e. The first kappa shape index (κ1) is 18.8. The zero-order chi connectivity index (χ0) is 18.4. The van der Waals surface area contributed by atoms with E-state index in [9.17, 15) is 4.79 Å². The van der Waals surface area contributed by atoms with Gasteiger partial charge in [0.05, 0.1) is 6.26 Å². The van der Waals surface area contributed by atoms with Crippen molar-refractivity contribution in [1.29, 1.82) is 0 Å². The van der Waals surface area contributed by atoms with Gasteiger partial charge in [-0.2, -0.15) is 0 Å². The third kappa shape index (κ3) is 4.58. The predicted octanol–water partition coefficient (Wildman–Crippen LogP) is 1.49. The third-order valence-electron chi connectivity index (χ3n) is 5.43. The number of carbonyl (C=O) groups excluding carboxylic acids is 1. The Labute approximate surface area is 156 Å². The quantitative estimate of drug-likeness (QED) is 0.650. The van der Waals surface area contributed by atoms with E-state index in [4.69, 9.17) is 4.42 Å². The minimum atomic E-state index is -0.0308. The molecule has 3 rings (SSSR count). The van der Waals surface area contributed by atoms with Gasteiger partial charge in [-0.3, -0.25) is 14.7 Å². The molecule has 3 heterocycles. The molecule has 144 valence electrons. The van der Waals surface area contributed by atoms with Crippen LogP contribution in [0.5, 0.6) is 0 Å². The molecule has 0 saturated carbocycles. The molecule has 7 heteroatoms. The molecule has 1 atom stereocenters. The number of aliphatic imine (C=N–C) groups is 1. The molecule has 0 bridgehead atoms. The van der Waals surface area contributed by atoms with Crippen LogP contribution in [-0.4, -0.2) is 85.5 Å². The van der Waals surface area contributed by atoms with Gasteiger partial charge in [0, 0.05) is 52.4 Å². The molecule has 2 saturated heterocycles. The number of piperidine rings is 1. The number of rotatable bonds is 4. The first-order valence-electron chi connectivity index (χ1n) is 9.71. The van der Waals surface area contributed by atoms with Gasteiger partial charge in [-0.1, -0.05) is 6.42 Å². The van der Waals surface area contributed by atoms with Crippen LogP contribution in [-0.2, 0) is 0 Å². The number of piperazine rings is 1. The minimum Gasteiger partial charge on any atom is -0.459 e. The summed E-state index contributed by atoms with van der Waals surface area (Å²) in [4.78, 5) is 23.4. The lowest BCUT2D eigenvalue weighted by atomic mass is 10.0.